The molecule has 0 spiro atoms. The van der Waals surface area contributed by atoms with Gasteiger partial charge in [-0.15, -0.1) is 0 Å². The first-order chi connectivity index (χ1) is 13.2. The first-order valence-electron chi connectivity index (χ1n) is 8.64. The van der Waals surface area contributed by atoms with E-state index >= 15 is 0 Å². The first kappa shape index (κ1) is 19.8. The number of anilines is 1. The van der Waals surface area contributed by atoms with Crippen LogP contribution < -0.4 is 15.6 Å². The van der Waals surface area contributed by atoms with Crippen molar-refractivity contribution in [3.8, 4) is 11.6 Å². The maximum Gasteiger partial charge on any atom is 0.288 e. The molecule has 0 unspecified atom stereocenters. The van der Waals surface area contributed by atoms with Crippen LogP contribution in [0, 0.1) is 5.82 Å². The summed E-state index contributed by atoms with van der Waals surface area (Å²) in [6.45, 7) is 6.03. The molecule has 0 radical (unpaired) electrons. The van der Waals surface area contributed by atoms with Crippen molar-refractivity contribution in [2.24, 2.45) is 0 Å². The van der Waals surface area contributed by atoms with Crippen LogP contribution in [0.2, 0.25) is 5.02 Å². The van der Waals surface area contributed by atoms with Gasteiger partial charge in [0.1, 0.15) is 16.6 Å². The normalized spacial score (nSPS) is 11.3. The number of hydrogen-bond donors (Lipinski definition) is 1. The van der Waals surface area contributed by atoms with Crippen molar-refractivity contribution in [3.05, 3.63) is 75.5 Å². The van der Waals surface area contributed by atoms with Gasteiger partial charge in [-0.2, -0.15) is 5.10 Å². The van der Waals surface area contributed by atoms with Gasteiger partial charge in [0.05, 0.1) is 17.4 Å². The highest BCUT2D eigenvalue weighted by Gasteiger charge is 2.19. The van der Waals surface area contributed by atoms with Crippen molar-refractivity contribution in [2.75, 3.05) is 5.32 Å². The van der Waals surface area contributed by atoms with Gasteiger partial charge in [0.15, 0.2) is 0 Å². The maximum atomic E-state index is 13.0. The smallest absolute Gasteiger partial charge is 0.288 e. The lowest BCUT2D eigenvalue weighted by Gasteiger charge is -2.21. The molecule has 6 nitrogen and oxygen atoms in total. The van der Waals surface area contributed by atoms with Crippen LogP contribution in [0.3, 0.4) is 0 Å². The van der Waals surface area contributed by atoms with Crippen molar-refractivity contribution >= 4 is 17.3 Å². The van der Waals surface area contributed by atoms with E-state index in [2.05, 4.69) is 15.4 Å². The second kappa shape index (κ2) is 7.98. The average molecular weight is 403 g/mol. The van der Waals surface area contributed by atoms with Crippen LogP contribution in [-0.4, -0.2) is 14.8 Å². The molecule has 0 aliphatic heterocycles. The molecule has 2 aromatic heterocycles. The Morgan fingerprint density at radius 1 is 1.21 bits per heavy atom. The number of nitrogens with zero attached hydrogens (tertiary/aromatic N) is 3. The van der Waals surface area contributed by atoms with Gasteiger partial charge < -0.3 is 10.1 Å². The molecule has 146 valence electrons. The minimum absolute atomic E-state index is 0.0850. The molecule has 0 saturated heterocycles. The zero-order valence-electron chi connectivity index (χ0n) is 15.7. The third kappa shape index (κ3) is 4.67. The fourth-order valence-electron chi connectivity index (χ4n) is 2.47. The number of rotatable bonds is 5. The van der Waals surface area contributed by atoms with E-state index in [-0.39, 0.29) is 16.4 Å². The molecule has 3 aromatic rings. The first-order valence-corrected chi connectivity index (χ1v) is 9.02. The second-order valence-electron chi connectivity index (χ2n) is 7.17. The lowest BCUT2D eigenvalue weighted by molar-refractivity contribution is 0.338. The Hall–Kier alpha value is -2.93. The van der Waals surface area contributed by atoms with Gasteiger partial charge in [-0.3, -0.25) is 4.79 Å². The predicted octanol–water partition coefficient (Wildman–Crippen LogP) is 4.59. The summed E-state index contributed by atoms with van der Waals surface area (Å²) in [5.41, 5.74) is 0.499. The van der Waals surface area contributed by atoms with E-state index in [1.165, 1.54) is 35.1 Å². The molecule has 0 atom stereocenters. The van der Waals surface area contributed by atoms with Crippen LogP contribution in [0.1, 0.15) is 26.3 Å². The van der Waals surface area contributed by atoms with Crippen LogP contribution in [0.15, 0.2) is 53.6 Å². The summed E-state index contributed by atoms with van der Waals surface area (Å²) in [4.78, 5) is 16.5. The molecule has 1 aromatic carbocycles. The molecular weight excluding hydrogens is 383 g/mol. The zero-order valence-corrected chi connectivity index (χ0v) is 16.5. The summed E-state index contributed by atoms with van der Waals surface area (Å²) >= 11 is 6.22. The van der Waals surface area contributed by atoms with E-state index in [0.717, 1.165) is 5.56 Å². The molecule has 0 saturated carbocycles. The van der Waals surface area contributed by atoms with Crippen molar-refractivity contribution in [1.82, 2.24) is 14.8 Å². The van der Waals surface area contributed by atoms with Crippen molar-refractivity contribution in [3.63, 3.8) is 0 Å². The topological polar surface area (TPSA) is 69.0 Å². The zero-order chi connectivity index (χ0) is 20.3. The molecule has 8 heteroatoms. The van der Waals surface area contributed by atoms with E-state index in [1.807, 2.05) is 26.8 Å². The molecule has 1 N–H and O–H groups in total. The summed E-state index contributed by atoms with van der Waals surface area (Å²) in [6.07, 6.45) is 3.14. The van der Waals surface area contributed by atoms with Gasteiger partial charge >= 0.3 is 0 Å². The second-order valence-corrected chi connectivity index (χ2v) is 7.55. The maximum absolute atomic E-state index is 13.0. The van der Waals surface area contributed by atoms with Crippen LogP contribution >= 0.6 is 11.6 Å². The number of aromatic nitrogens is 3. The van der Waals surface area contributed by atoms with E-state index < -0.39 is 5.54 Å². The quantitative estimate of drug-likeness (QED) is 0.676. The third-order valence-corrected chi connectivity index (χ3v) is 4.24. The lowest BCUT2D eigenvalue weighted by Crippen LogP contribution is -2.36. The standard InChI is InChI=1S/C20H20ClFN4O2/c1-20(2,3)26-19(27)18(21)16(12-25-26)24-11-13-8-9-23-17(10-13)28-15-6-4-14(22)5-7-15/h4-10,12,24H,11H2,1-3H3. The Kier molecular flexibility index (Phi) is 5.65. The van der Waals surface area contributed by atoms with Gasteiger partial charge in [0.25, 0.3) is 5.56 Å². The molecule has 0 amide bonds. The summed E-state index contributed by atoms with van der Waals surface area (Å²) in [6, 6.07) is 9.23. The van der Waals surface area contributed by atoms with Gasteiger partial charge in [0.2, 0.25) is 5.88 Å². The van der Waals surface area contributed by atoms with Crippen LogP contribution in [0.25, 0.3) is 0 Å². The Morgan fingerprint density at radius 2 is 1.93 bits per heavy atom. The van der Waals surface area contributed by atoms with Crippen molar-refractivity contribution < 1.29 is 9.13 Å². The Balaban J connectivity index is 1.72. The highest BCUT2D eigenvalue weighted by molar-refractivity contribution is 6.32. The minimum atomic E-state index is -0.461. The molecule has 3 rings (SSSR count). The van der Waals surface area contributed by atoms with E-state index in [0.29, 0.717) is 23.9 Å². The molecule has 0 aliphatic rings. The number of pyridine rings is 1. The lowest BCUT2D eigenvalue weighted by atomic mass is 10.1. The Labute approximate surface area is 167 Å². The average Bonchev–Trinajstić information content (AvgIpc) is 2.64. The Morgan fingerprint density at radius 3 is 2.61 bits per heavy atom. The number of benzene rings is 1. The van der Waals surface area contributed by atoms with E-state index in [9.17, 15) is 9.18 Å². The summed E-state index contributed by atoms with van der Waals surface area (Å²) in [5.74, 6) is 0.521. The summed E-state index contributed by atoms with van der Waals surface area (Å²) in [5, 5.41) is 7.38. The van der Waals surface area contributed by atoms with Crippen LogP contribution in [0.4, 0.5) is 10.1 Å². The minimum Gasteiger partial charge on any atom is -0.439 e. The fraction of sp³-hybridized carbons (Fsp3) is 0.250. The van der Waals surface area contributed by atoms with Gasteiger partial charge in [-0.25, -0.2) is 14.1 Å². The van der Waals surface area contributed by atoms with Crippen LogP contribution in [0.5, 0.6) is 11.6 Å². The van der Waals surface area contributed by atoms with E-state index in [4.69, 9.17) is 16.3 Å². The predicted molar refractivity (Wildman–Crippen MR) is 107 cm³/mol. The highest BCUT2D eigenvalue weighted by Crippen LogP contribution is 2.22. The summed E-state index contributed by atoms with van der Waals surface area (Å²) < 4.78 is 20.0. The molecular formula is C20H20ClFN4O2. The fourth-order valence-corrected chi connectivity index (χ4v) is 2.67. The largest absolute Gasteiger partial charge is 0.439 e. The molecule has 0 fully saturated rings. The molecule has 0 bridgehead atoms. The highest BCUT2D eigenvalue weighted by atomic mass is 35.5. The van der Waals surface area contributed by atoms with Crippen LogP contribution in [-0.2, 0) is 12.1 Å². The summed E-state index contributed by atoms with van der Waals surface area (Å²) in [7, 11) is 0. The Bertz CT molecular complexity index is 1030. The number of nitrogens with one attached hydrogen (secondary N) is 1. The van der Waals surface area contributed by atoms with Gasteiger partial charge in [0, 0.05) is 18.8 Å². The van der Waals surface area contributed by atoms with Crippen molar-refractivity contribution in [1.29, 1.82) is 0 Å². The third-order valence-electron chi connectivity index (χ3n) is 3.87. The SMILES string of the molecule is CC(C)(C)n1ncc(NCc2ccnc(Oc3ccc(F)cc3)c2)c(Cl)c1=O. The molecule has 28 heavy (non-hydrogen) atoms. The number of hydrogen-bond acceptors (Lipinski definition) is 5. The molecule has 0 aliphatic carbocycles. The molecule has 2 heterocycles. The monoisotopic (exact) mass is 402 g/mol. The van der Waals surface area contributed by atoms with Gasteiger partial charge in [-0.1, -0.05) is 11.6 Å². The number of ether oxygens (including phenoxy) is 1. The van der Waals surface area contributed by atoms with Crippen molar-refractivity contribution in [2.45, 2.75) is 32.9 Å². The number of halogens is 2. The van der Waals surface area contributed by atoms with E-state index in [1.54, 1.807) is 12.3 Å². The van der Waals surface area contributed by atoms with Gasteiger partial charge in [-0.05, 0) is 56.7 Å².